The second kappa shape index (κ2) is 16.1. The predicted octanol–water partition coefficient (Wildman–Crippen LogP) is 7.98. The van der Waals surface area contributed by atoms with E-state index in [9.17, 15) is 23.6 Å². The van der Waals surface area contributed by atoms with Crippen LogP contribution in [0.4, 0.5) is 15.1 Å². The molecule has 3 N–H and O–H groups in total. The van der Waals surface area contributed by atoms with Crippen molar-refractivity contribution in [3.63, 3.8) is 0 Å². The summed E-state index contributed by atoms with van der Waals surface area (Å²) in [7, 11) is 0. The Balaban J connectivity index is 1.29. The standard InChI is InChI=1S/C36H33ClFN3O5S2/c1-3-46-36(45)32-25-16-15-21(2)17-30(25)48-35(32)41-31(42)20-47-24-12-7-11-23(18-24)39-34(44)29(19-26-27(37)13-8-14-28(26)38)40-33(43)22-9-5-4-6-10-22/h4-14,18-19,21H,3,15-17,20H2,1-2H3,(H,39,44)(H,40,43)(H,41,42)/b29-19+. The third-order valence-corrected chi connectivity index (χ3v) is 10.0. The third kappa shape index (κ3) is 8.71. The van der Waals surface area contributed by atoms with Gasteiger partial charge < -0.3 is 20.7 Å². The van der Waals surface area contributed by atoms with E-state index in [1.165, 1.54) is 47.4 Å². The van der Waals surface area contributed by atoms with Crippen molar-refractivity contribution < 1.29 is 28.3 Å². The van der Waals surface area contributed by atoms with E-state index in [0.717, 1.165) is 29.7 Å². The third-order valence-electron chi connectivity index (χ3n) is 7.52. The Morgan fingerprint density at radius 2 is 1.81 bits per heavy atom. The van der Waals surface area contributed by atoms with Crippen LogP contribution in [-0.4, -0.2) is 36.1 Å². The molecule has 1 aliphatic carbocycles. The van der Waals surface area contributed by atoms with Crippen LogP contribution in [0.5, 0.6) is 0 Å². The summed E-state index contributed by atoms with van der Waals surface area (Å²) in [6.07, 6.45) is 3.78. The van der Waals surface area contributed by atoms with Gasteiger partial charge in [-0.1, -0.05) is 48.9 Å². The maximum Gasteiger partial charge on any atom is 0.341 e. The number of nitrogens with one attached hydrogen (secondary N) is 3. The summed E-state index contributed by atoms with van der Waals surface area (Å²) in [5.74, 6) is -2.10. The predicted molar refractivity (Wildman–Crippen MR) is 189 cm³/mol. The molecule has 4 aromatic rings. The molecule has 0 spiro atoms. The van der Waals surface area contributed by atoms with Crippen molar-refractivity contribution in [2.45, 2.75) is 38.0 Å². The van der Waals surface area contributed by atoms with Gasteiger partial charge in [0.15, 0.2) is 0 Å². The highest BCUT2D eigenvalue weighted by molar-refractivity contribution is 8.00. The van der Waals surface area contributed by atoms with Gasteiger partial charge in [0.25, 0.3) is 11.8 Å². The molecular formula is C36H33ClFN3O5S2. The zero-order valence-corrected chi connectivity index (χ0v) is 28.6. The van der Waals surface area contributed by atoms with Gasteiger partial charge in [-0.15, -0.1) is 23.1 Å². The number of hydrogen-bond donors (Lipinski definition) is 3. The van der Waals surface area contributed by atoms with Crippen LogP contribution in [0.3, 0.4) is 0 Å². The quantitative estimate of drug-likeness (QED) is 0.0829. The van der Waals surface area contributed by atoms with Crippen molar-refractivity contribution in [2.24, 2.45) is 5.92 Å². The Kier molecular flexibility index (Phi) is 11.7. The van der Waals surface area contributed by atoms with Gasteiger partial charge in [-0.3, -0.25) is 14.4 Å². The number of fused-ring (bicyclic) bond motifs is 1. The summed E-state index contributed by atoms with van der Waals surface area (Å²) in [6, 6.07) is 19.2. The monoisotopic (exact) mass is 705 g/mol. The van der Waals surface area contributed by atoms with E-state index in [1.807, 2.05) is 0 Å². The summed E-state index contributed by atoms with van der Waals surface area (Å²) >= 11 is 8.88. The van der Waals surface area contributed by atoms with E-state index in [-0.39, 0.29) is 34.6 Å². The van der Waals surface area contributed by atoms with Gasteiger partial charge in [0, 0.05) is 26.6 Å². The number of benzene rings is 3. The first-order valence-corrected chi connectivity index (χ1v) is 17.5. The highest BCUT2D eigenvalue weighted by atomic mass is 35.5. The van der Waals surface area contributed by atoms with E-state index < -0.39 is 23.6 Å². The molecule has 12 heteroatoms. The average Bonchev–Trinajstić information content (AvgIpc) is 3.42. The van der Waals surface area contributed by atoms with Gasteiger partial charge in [0.2, 0.25) is 5.91 Å². The van der Waals surface area contributed by atoms with Gasteiger partial charge >= 0.3 is 5.97 Å². The number of hydrogen-bond acceptors (Lipinski definition) is 7. The molecule has 248 valence electrons. The van der Waals surface area contributed by atoms with Crippen LogP contribution in [0.25, 0.3) is 6.08 Å². The number of thioether (sulfide) groups is 1. The Morgan fingerprint density at radius 3 is 2.56 bits per heavy atom. The Hall–Kier alpha value is -4.45. The van der Waals surface area contributed by atoms with Crippen molar-refractivity contribution in [1.29, 1.82) is 0 Å². The smallest absolute Gasteiger partial charge is 0.341 e. The van der Waals surface area contributed by atoms with E-state index in [4.69, 9.17) is 16.3 Å². The molecule has 48 heavy (non-hydrogen) atoms. The average molecular weight is 706 g/mol. The minimum atomic E-state index is -0.707. The number of carbonyl (C=O) groups is 4. The van der Waals surface area contributed by atoms with Gasteiger partial charge in [-0.25, -0.2) is 9.18 Å². The molecule has 0 saturated carbocycles. The van der Waals surface area contributed by atoms with E-state index in [0.29, 0.717) is 32.6 Å². The first-order valence-electron chi connectivity index (χ1n) is 15.3. The van der Waals surface area contributed by atoms with Crippen LogP contribution in [-0.2, 0) is 27.2 Å². The number of esters is 1. The number of amides is 3. The molecule has 1 unspecified atom stereocenters. The molecule has 5 rings (SSSR count). The second-order valence-corrected chi connectivity index (χ2v) is 13.7. The SMILES string of the molecule is CCOC(=O)c1c(NC(=O)CSc2cccc(NC(=O)/C(=C\c3c(F)cccc3Cl)NC(=O)c3ccccc3)c2)sc2c1CCC(C)C2. The van der Waals surface area contributed by atoms with Crippen molar-refractivity contribution in [3.05, 3.63) is 116 Å². The van der Waals surface area contributed by atoms with Crippen molar-refractivity contribution in [3.8, 4) is 0 Å². The molecule has 1 aromatic heterocycles. The zero-order chi connectivity index (χ0) is 34.2. The molecule has 1 heterocycles. The highest BCUT2D eigenvalue weighted by Gasteiger charge is 2.29. The molecule has 1 aliphatic rings. The van der Waals surface area contributed by atoms with Gasteiger partial charge in [0.05, 0.1) is 22.9 Å². The maximum absolute atomic E-state index is 14.6. The summed E-state index contributed by atoms with van der Waals surface area (Å²) in [5.41, 5.74) is 1.83. The molecule has 3 amide bonds. The van der Waals surface area contributed by atoms with Gasteiger partial charge in [-0.05, 0) is 86.2 Å². The van der Waals surface area contributed by atoms with E-state index in [2.05, 4.69) is 22.9 Å². The minimum Gasteiger partial charge on any atom is -0.462 e. The minimum absolute atomic E-state index is 0.0443. The van der Waals surface area contributed by atoms with E-state index >= 15 is 0 Å². The number of anilines is 2. The van der Waals surface area contributed by atoms with Crippen LogP contribution >= 0.6 is 34.7 Å². The molecule has 0 saturated heterocycles. The number of carbonyl (C=O) groups excluding carboxylic acids is 4. The summed E-state index contributed by atoms with van der Waals surface area (Å²) in [6.45, 7) is 4.17. The molecule has 0 aliphatic heterocycles. The van der Waals surface area contributed by atoms with Crippen LogP contribution in [0.15, 0.2) is 83.4 Å². The molecular weight excluding hydrogens is 673 g/mol. The molecule has 3 aromatic carbocycles. The first kappa shape index (κ1) is 34.9. The molecule has 8 nitrogen and oxygen atoms in total. The summed E-state index contributed by atoms with van der Waals surface area (Å²) in [5, 5.41) is 8.80. The Morgan fingerprint density at radius 1 is 1.04 bits per heavy atom. The fraction of sp³-hybridized carbons (Fsp3) is 0.222. The van der Waals surface area contributed by atoms with Gasteiger partial charge in [0.1, 0.15) is 16.5 Å². The van der Waals surface area contributed by atoms with E-state index in [1.54, 1.807) is 61.5 Å². The first-order chi connectivity index (χ1) is 23.1. The van der Waals surface area contributed by atoms with Crippen LogP contribution in [0, 0.1) is 11.7 Å². The fourth-order valence-corrected chi connectivity index (χ4v) is 7.55. The lowest BCUT2D eigenvalue weighted by atomic mass is 9.88. The zero-order valence-electron chi connectivity index (χ0n) is 26.2. The number of rotatable bonds is 11. The Labute approximate surface area is 291 Å². The summed E-state index contributed by atoms with van der Waals surface area (Å²) < 4.78 is 19.9. The lowest BCUT2D eigenvalue weighted by Gasteiger charge is -2.18. The second-order valence-electron chi connectivity index (χ2n) is 11.1. The summed E-state index contributed by atoms with van der Waals surface area (Å²) in [4.78, 5) is 54.1. The fourth-order valence-electron chi connectivity index (χ4n) is 5.17. The lowest BCUT2D eigenvalue weighted by molar-refractivity contribution is -0.114. The van der Waals surface area contributed by atoms with Crippen molar-refractivity contribution in [2.75, 3.05) is 23.0 Å². The largest absolute Gasteiger partial charge is 0.462 e. The molecule has 1 atom stereocenters. The molecule has 0 fully saturated rings. The molecule has 0 bridgehead atoms. The molecule has 0 radical (unpaired) electrons. The highest BCUT2D eigenvalue weighted by Crippen LogP contribution is 2.40. The number of halogens is 2. The maximum atomic E-state index is 14.6. The van der Waals surface area contributed by atoms with Crippen LogP contribution in [0.1, 0.15) is 57.0 Å². The number of thiophene rings is 1. The number of ether oxygens (including phenoxy) is 1. The normalized spacial score (nSPS) is 14.1. The van der Waals surface area contributed by atoms with Crippen molar-refractivity contribution in [1.82, 2.24) is 5.32 Å². The van der Waals surface area contributed by atoms with Gasteiger partial charge in [-0.2, -0.15) is 0 Å². The topological polar surface area (TPSA) is 114 Å². The van der Waals surface area contributed by atoms with Crippen LogP contribution in [0.2, 0.25) is 5.02 Å². The lowest BCUT2D eigenvalue weighted by Crippen LogP contribution is -2.30. The Bertz CT molecular complexity index is 1860. The van der Waals surface area contributed by atoms with Crippen LogP contribution < -0.4 is 16.0 Å². The van der Waals surface area contributed by atoms with Crippen molar-refractivity contribution >= 4 is 75.2 Å².